The summed E-state index contributed by atoms with van der Waals surface area (Å²) in [5, 5.41) is 5.06. The summed E-state index contributed by atoms with van der Waals surface area (Å²) in [6, 6.07) is 8.23. The van der Waals surface area contributed by atoms with Gasteiger partial charge in [0.2, 0.25) is 17.7 Å². The highest BCUT2D eigenvalue weighted by Gasteiger charge is 2.47. The largest absolute Gasteiger partial charge is 0.300 e. The van der Waals surface area contributed by atoms with Crippen molar-refractivity contribution in [2.45, 2.75) is 39.0 Å². The van der Waals surface area contributed by atoms with Crippen LogP contribution in [-0.2, 0) is 19.8 Å². The van der Waals surface area contributed by atoms with Crippen molar-refractivity contribution in [2.24, 2.45) is 11.8 Å². The van der Waals surface area contributed by atoms with Crippen LogP contribution in [0.2, 0.25) is 0 Å². The molecule has 1 fully saturated rings. The first-order chi connectivity index (χ1) is 14.2. The number of nitrogens with zero attached hydrogens (tertiary/aromatic N) is 2. The highest BCUT2D eigenvalue weighted by atomic mass is 32.1. The molecule has 1 aliphatic heterocycles. The second-order valence-corrected chi connectivity index (χ2v) is 9.69. The second kappa shape index (κ2) is 7.80. The predicted octanol–water partition coefficient (Wildman–Crippen LogP) is 4.00. The molecule has 0 saturated carbocycles. The molecular formula is C23H25N3O3S. The lowest BCUT2D eigenvalue weighted by Gasteiger charge is -2.18. The molecule has 156 valence electrons. The van der Waals surface area contributed by atoms with Crippen LogP contribution >= 0.6 is 11.3 Å². The number of fused-ring (bicyclic) bond motifs is 1. The van der Waals surface area contributed by atoms with Crippen LogP contribution in [0.4, 0.5) is 5.13 Å². The van der Waals surface area contributed by atoms with Crippen LogP contribution in [0.15, 0.2) is 41.8 Å². The zero-order valence-electron chi connectivity index (χ0n) is 17.3. The van der Waals surface area contributed by atoms with Gasteiger partial charge in [0.05, 0.1) is 17.5 Å². The van der Waals surface area contributed by atoms with Gasteiger partial charge in [-0.05, 0) is 23.8 Å². The number of thiazole rings is 1. The summed E-state index contributed by atoms with van der Waals surface area (Å²) in [7, 11) is 0. The average molecular weight is 424 g/mol. The molecule has 2 unspecified atom stereocenters. The number of hydrogen-bond donors (Lipinski definition) is 1. The highest BCUT2D eigenvalue weighted by molar-refractivity contribution is 7.14. The van der Waals surface area contributed by atoms with Crippen molar-refractivity contribution < 1.29 is 14.4 Å². The van der Waals surface area contributed by atoms with E-state index < -0.39 is 5.91 Å². The van der Waals surface area contributed by atoms with Crippen molar-refractivity contribution in [2.75, 3.05) is 11.9 Å². The molecule has 0 radical (unpaired) electrons. The van der Waals surface area contributed by atoms with E-state index in [1.807, 2.05) is 29.7 Å². The maximum atomic E-state index is 12.5. The number of benzene rings is 1. The molecule has 1 aliphatic carbocycles. The first-order valence-corrected chi connectivity index (χ1v) is 11.0. The Morgan fingerprint density at radius 3 is 2.27 bits per heavy atom. The van der Waals surface area contributed by atoms with E-state index in [0.717, 1.165) is 16.2 Å². The minimum Gasteiger partial charge on any atom is -0.300 e. The van der Waals surface area contributed by atoms with E-state index in [1.54, 1.807) is 0 Å². The number of rotatable bonds is 4. The predicted molar refractivity (Wildman–Crippen MR) is 117 cm³/mol. The Labute approximate surface area is 180 Å². The normalized spacial score (nSPS) is 21.1. The van der Waals surface area contributed by atoms with Crippen molar-refractivity contribution in [3.05, 3.63) is 47.4 Å². The fourth-order valence-corrected chi connectivity index (χ4v) is 4.67. The van der Waals surface area contributed by atoms with Gasteiger partial charge in [-0.15, -0.1) is 11.3 Å². The summed E-state index contributed by atoms with van der Waals surface area (Å²) in [5.41, 5.74) is 3.07. The van der Waals surface area contributed by atoms with Crippen molar-refractivity contribution in [3.8, 4) is 11.3 Å². The van der Waals surface area contributed by atoms with E-state index in [0.29, 0.717) is 18.0 Å². The fourth-order valence-electron chi connectivity index (χ4n) is 3.93. The third-order valence-electron chi connectivity index (χ3n) is 5.70. The van der Waals surface area contributed by atoms with Crippen LogP contribution in [-0.4, -0.2) is 34.2 Å². The molecule has 2 aromatic rings. The summed E-state index contributed by atoms with van der Waals surface area (Å²) in [6.07, 6.45) is 5.00. The lowest BCUT2D eigenvalue weighted by molar-refractivity contribution is -0.142. The number of carbonyl (C=O) groups excluding carboxylic acids is 3. The molecule has 6 nitrogen and oxygen atoms in total. The highest BCUT2D eigenvalue weighted by Crippen LogP contribution is 2.35. The van der Waals surface area contributed by atoms with Crippen molar-refractivity contribution in [1.29, 1.82) is 0 Å². The van der Waals surface area contributed by atoms with E-state index in [1.165, 1.54) is 16.9 Å². The Morgan fingerprint density at radius 1 is 1.10 bits per heavy atom. The topological polar surface area (TPSA) is 79.4 Å². The molecule has 2 aliphatic rings. The smallest absolute Gasteiger partial charge is 0.246 e. The van der Waals surface area contributed by atoms with Crippen LogP contribution in [0.1, 0.15) is 39.2 Å². The summed E-state index contributed by atoms with van der Waals surface area (Å²) >= 11 is 1.32. The summed E-state index contributed by atoms with van der Waals surface area (Å²) in [4.78, 5) is 43.0. The van der Waals surface area contributed by atoms with Gasteiger partial charge in [0, 0.05) is 10.9 Å². The molecule has 2 atom stereocenters. The first kappa shape index (κ1) is 20.5. The van der Waals surface area contributed by atoms with Crippen molar-refractivity contribution in [3.63, 3.8) is 0 Å². The first-order valence-electron chi connectivity index (χ1n) is 10.1. The lowest BCUT2D eigenvalue weighted by Crippen LogP contribution is -2.38. The van der Waals surface area contributed by atoms with Crippen LogP contribution in [0.25, 0.3) is 11.3 Å². The third kappa shape index (κ3) is 3.94. The van der Waals surface area contributed by atoms with Crippen LogP contribution < -0.4 is 5.32 Å². The number of allylic oxidation sites excluding steroid dienone is 2. The zero-order valence-corrected chi connectivity index (χ0v) is 18.2. The molecule has 1 saturated heterocycles. The molecule has 1 aromatic heterocycles. The fraction of sp³-hybridized carbons (Fsp3) is 0.391. The number of likely N-dealkylation sites (tertiary alicyclic amines) is 1. The number of amides is 3. The maximum Gasteiger partial charge on any atom is 0.246 e. The Kier molecular flexibility index (Phi) is 5.32. The second-order valence-electron chi connectivity index (χ2n) is 8.83. The van der Waals surface area contributed by atoms with Gasteiger partial charge in [-0.25, -0.2) is 4.98 Å². The summed E-state index contributed by atoms with van der Waals surface area (Å²) in [6.45, 7) is 6.24. The molecule has 0 spiro atoms. The van der Waals surface area contributed by atoms with E-state index in [9.17, 15) is 14.4 Å². The Balaban J connectivity index is 1.40. The molecular weight excluding hydrogens is 398 g/mol. The van der Waals surface area contributed by atoms with Crippen LogP contribution in [0.3, 0.4) is 0 Å². The van der Waals surface area contributed by atoms with E-state index >= 15 is 0 Å². The Morgan fingerprint density at radius 2 is 1.70 bits per heavy atom. The molecule has 1 aromatic carbocycles. The number of nitrogens with one attached hydrogen (secondary N) is 1. The number of anilines is 1. The van der Waals surface area contributed by atoms with E-state index in [-0.39, 0.29) is 35.6 Å². The quantitative estimate of drug-likeness (QED) is 0.596. The number of hydrogen-bond acceptors (Lipinski definition) is 5. The molecule has 30 heavy (non-hydrogen) atoms. The Hall–Kier alpha value is -2.80. The number of aromatic nitrogens is 1. The molecule has 3 amide bonds. The van der Waals surface area contributed by atoms with E-state index in [2.05, 4.69) is 43.2 Å². The summed E-state index contributed by atoms with van der Waals surface area (Å²) in [5.74, 6) is -1.55. The van der Waals surface area contributed by atoms with Gasteiger partial charge in [0.25, 0.3) is 0 Å². The van der Waals surface area contributed by atoms with Gasteiger partial charge in [-0.1, -0.05) is 57.2 Å². The van der Waals surface area contributed by atoms with Crippen LogP contribution in [0, 0.1) is 11.8 Å². The van der Waals surface area contributed by atoms with Gasteiger partial charge in [-0.2, -0.15) is 0 Å². The minimum absolute atomic E-state index is 0.0811. The number of carbonyl (C=O) groups is 3. The van der Waals surface area contributed by atoms with Crippen molar-refractivity contribution in [1.82, 2.24) is 9.88 Å². The number of imide groups is 1. The summed E-state index contributed by atoms with van der Waals surface area (Å²) < 4.78 is 0. The van der Waals surface area contributed by atoms with Gasteiger partial charge >= 0.3 is 0 Å². The SMILES string of the molecule is CC(C)(C)c1ccc(-c2csc(NC(=O)CN3C(=O)C4CC=CCC4C3=O)n2)cc1. The molecule has 1 N–H and O–H groups in total. The molecule has 0 bridgehead atoms. The van der Waals surface area contributed by atoms with Crippen LogP contribution in [0.5, 0.6) is 0 Å². The third-order valence-corrected chi connectivity index (χ3v) is 6.46. The monoisotopic (exact) mass is 423 g/mol. The minimum atomic E-state index is -0.410. The lowest BCUT2D eigenvalue weighted by atomic mass is 9.85. The molecule has 4 rings (SSSR count). The molecule has 7 heteroatoms. The molecule has 2 heterocycles. The van der Waals surface area contributed by atoms with Gasteiger partial charge in [-0.3, -0.25) is 19.3 Å². The Bertz CT molecular complexity index is 991. The van der Waals surface area contributed by atoms with E-state index in [4.69, 9.17) is 0 Å². The van der Waals surface area contributed by atoms with Crippen molar-refractivity contribution >= 4 is 34.2 Å². The standard InChI is InChI=1S/C23H25N3O3S/c1-23(2,3)15-10-8-14(9-11-15)18-13-30-22(24-18)25-19(27)12-26-20(28)16-6-4-5-7-17(16)21(26)29/h4-5,8-11,13,16-17H,6-7,12H2,1-3H3,(H,24,25,27). The zero-order chi connectivity index (χ0) is 21.5. The van der Waals surface area contributed by atoms with Gasteiger partial charge in [0.15, 0.2) is 5.13 Å². The van der Waals surface area contributed by atoms with Gasteiger partial charge in [0.1, 0.15) is 6.54 Å². The maximum absolute atomic E-state index is 12.5. The van der Waals surface area contributed by atoms with Gasteiger partial charge < -0.3 is 5.32 Å². The average Bonchev–Trinajstić information content (AvgIpc) is 3.27.